The van der Waals surface area contributed by atoms with E-state index in [1.54, 1.807) is 0 Å². The van der Waals surface area contributed by atoms with Gasteiger partial charge < -0.3 is 9.73 Å². The molecule has 2 nitrogen and oxygen atoms in total. The number of rotatable bonds is 4. The summed E-state index contributed by atoms with van der Waals surface area (Å²) >= 11 is 0. The van der Waals surface area contributed by atoms with Gasteiger partial charge in [-0.15, -0.1) is 0 Å². The van der Waals surface area contributed by atoms with Crippen molar-refractivity contribution in [3.8, 4) is 0 Å². The third-order valence-electron chi connectivity index (χ3n) is 3.65. The Hall–Kier alpha value is -1.28. The molecular formula is C18H27NO. The highest BCUT2D eigenvalue weighted by molar-refractivity contribution is 5.85. The van der Waals surface area contributed by atoms with Crippen molar-refractivity contribution in [2.45, 2.75) is 59.4 Å². The van der Waals surface area contributed by atoms with Gasteiger partial charge in [0.25, 0.3) is 0 Å². The van der Waals surface area contributed by atoms with Crippen molar-refractivity contribution in [1.29, 1.82) is 0 Å². The first kappa shape index (κ1) is 15.1. The molecule has 2 heteroatoms. The van der Waals surface area contributed by atoms with E-state index in [2.05, 4.69) is 59.0 Å². The van der Waals surface area contributed by atoms with Gasteiger partial charge in [-0.25, -0.2) is 0 Å². The molecule has 20 heavy (non-hydrogen) atoms. The number of benzene rings is 1. The summed E-state index contributed by atoms with van der Waals surface area (Å²) in [5, 5.41) is 4.74. The maximum Gasteiger partial charge on any atom is 0.137 e. The lowest BCUT2D eigenvalue weighted by molar-refractivity contribution is 0.554. The molecule has 1 aromatic carbocycles. The Morgan fingerprint density at radius 3 is 2.50 bits per heavy atom. The number of aryl methyl sites for hydroxylation is 1. The highest BCUT2D eigenvalue weighted by atomic mass is 16.3. The first-order chi connectivity index (χ1) is 9.29. The van der Waals surface area contributed by atoms with Crippen molar-refractivity contribution in [1.82, 2.24) is 5.32 Å². The quantitative estimate of drug-likeness (QED) is 0.882. The Morgan fingerprint density at radius 1 is 1.20 bits per heavy atom. The van der Waals surface area contributed by atoms with Gasteiger partial charge >= 0.3 is 0 Å². The van der Waals surface area contributed by atoms with Crippen LogP contribution in [0.5, 0.6) is 0 Å². The van der Waals surface area contributed by atoms with Crippen LogP contribution in [0.4, 0.5) is 0 Å². The third-order valence-corrected chi connectivity index (χ3v) is 3.65. The van der Waals surface area contributed by atoms with E-state index in [0.717, 1.165) is 18.5 Å². The molecule has 2 rings (SSSR count). The minimum atomic E-state index is 0.107. The molecule has 0 fully saturated rings. The zero-order valence-electron chi connectivity index (χ0n) is 13.6. The molecule has 0 aliphatic heterocycles. The summed E-state index contributed by atoms with van der Waals surface area (Å²) in [5.41, 5.74) is 5.08. The molecule has 110 valence electrons. The van der Waals surface area contributed by atoms with E-state index in [1.807, 2.05) is 6.26 Å². The van der Waals surface area contributed by atoms with Crippen LogP contribution >= 0.6 is 0 Å². The zero-order chi connectivity index (χ0) is 14.9. The monoisotopic (exact) mass is 273 g/mol. The topological polar surface area (TPSA) is 25.2 Å². The molecule has 0 aliphatic rings. The Balaban J connectivity index is 2.38. The van der Waals surface area contributed by atoms with Crippen LogP contribution < -0.4 is 5.32 Å². The Morgan fingerprint density at radius 2 is 1.90 bits per heavy atom. The van der Waals surface area contributed by atoms with E-state index < -0.39 is 0 Å². The fourth-order valence-corrected chi connectivity index (χ4v) is 2.58. The molecule has 1 heterocycles. The van der Waals surface area contributed by atoms with Crippen LogP contribution in [0.2, 0.25) is 0 Å². The molecule has 1 N–H and O–H groups in total. The summed E-state index contributed by atoms with van der Waals surface area (Å²) in [6, 6.07) is 5.03. The highest BCUT2D eigenvalue weighted by Crippen LogP contribution is 2.33. The molecule has 0 bridgehead atoms. The molecule has 1 aromatic heterocycles. The van der Waals surface area contributed by atoms with Crippen LogP contribution in [0.25, 0.3) is 11.0 Å². The third kappa shape index (κ3) is 3.24. The van der Waals surface area contributed by atoms with Crippen LogP contribution in [0.15, 0.2) is 22.8 Å². The van der Waals surface area contributed by atoms with Gasteiger partial charge in [0.1, 0.15) is 5.58 Å². The molecule has 0 radical (unpaired) electrons. The Kier molecular flexibility index (Phi) is 4.24. The number of hydrogen-bond acceptors (Lipinski definition) is 2. The van der Waals surface area contributed by atoms with Crippen LogP contribution in [-0.4, -0.2) is 12.6 Å². The van der Waals surface area contributed by atoms with E-state index in [4.69, 9.17) is 4.42 Å². The van der Waals surface area contributed by atoms with Gasteiger partial charge in [0.05, 0.1) is 6.26 Å². The van der Waals surface area contributed by atoms with Gasteiger partial charge in [0, 0.05) is 17.0 Å². The smallest absolute Gasteiger partial charge is 0.137 e. The summed E-state index contributed by atoms with van der Waals surface area (Å²) in [6.45, 7) is 14.2. The normalized spacial score (nSPS) is 12.6. The molecule has 0 unspecified atom stereocenters. The Bertz CT molecular complexity index is 587. The van der Waals surface area contributed by atoms with E-state index >= 15 is 0 Å². The SMILES string of the molecule is Cc1cc(C(C)(C)C)c2occ(CCNC(C)C)c2c1. The van der Waals surface area contributed by atoms with Gasteiger partial charge in [0.2, 0.25) is 0 Å². The van der Waals surface area contributed by atoms with Crippen molar-refractivity contribution in [3.63, 3.8) is 0 Å². The van der Waals surface area contributed by atoms with Gasteiger partial charge in [-0.05, 0) is 42.5 Å². The van der Waals surface area contributed by atoms with Crippen molar-refractivity contribution in [2.24, 2.45) is 0 Å². The summed E-state index contributed by atoms with van der Waals surface area (Å²) in [7, 11) is 0. The average Bonchev–Trinajstić information content (AvgIpc) is 2.69. The van der Waals surface area contributed by atoms with Gasteiger partial charge in [0.15, 0.2) is 0 Å². The lowest BCUT2D eigenvalue weighted by atomic mass is 9.84. The lowest BCUT2D eigenvalue weighted by Crippen LogP contribution is -2.24. The fraction of sp³-hybridized carbons (Fsp3) is 0.556. The second-order valence-corrected chi connectivity index (χ2v) is 7.06. The van der Waals surface area contributed by atoms with E-state index in [0.29, 0.717) is 6.04 Å². The molecule has 0 saturated carbocycles. The zero-order valence-corrected chi connectivity index (χ0v) is 13.6. The molecule has 0 amide bonds. The second kappa shape index (κ2) is 5.61. The van der Waals surface area contributed by atoms with Gasteiger partial charge in [-0.3, -0.25) is 0 Å². The fourth-order valence-electron chi connectivity index (χ4n) is 2.58. The number of hydrogen-bond donors (Lipinski definition) is 1. The largest absolute Gasteiger partial charge is 0.464 e. The maximum absolute atomic E-state index is 5.89. The van der Waals surface area contributed by atoms with E-state index in [1.165, 1.54) is 22.1 Å². The summed E-state index contributed by atoms with van der Waals surface area (Å²) in [5.74, 6) is 0. The molecule has 0 aliphatic carbocycles. The first-order valence-corrected chi connectivity index (χ1v) is 7.53. The minimum absolute atomic E-state index is 0.107. The summed E-state index contributed by atoms with van der Waals surface area (Å²) in [6.07, 6.45) is 2.94. The molecule has 2 aromatic rings. The van der Waals surface area contributed by atoms with Crippen LogP contribution in [0.1, 0.15) is 51.3 Å². The minimum Gasteiger partial charge on any atom is -0.464 e. The van der Waals surface area contributed by atoms with Crippen molar-refractivity contribution >= 4 is 11.0 Å². The summed E-state index contributed by atoms with van der Waals surface area (Å²) < 4.78 is 5.89. The van der Waals surface area contributed by atoms with E-state index in [9.17, 15) is 0 Å². The predicted octanol–water partition coefficient (Wildman–Crippen LogP) is 4.58. The molecular weight excluding hydrogens is 246 g/mol. The molecule has 0 saturated heterocycles. The van der Waals surface area contributed by atoms with Gasteiger partial charge in [-0.1, -0.05) is 40.7 Å². The standard InChI is InChI=1S/C18H27NO/c1-12(2)19-8-7-14-11-20-17-15(14)9-13(3)10-16(17)18(4,5)6/h9-12,19H,7-8H2,1-6H3. The Labute approximate surface area is 122 Å². The van der Waals surface area contributed by atoms with Crippen molar-refractivity contribution in [2.75, 3.05) is 6.54 Å². The average molecular weight is 273 g/mol. The van der Waals surface area contributed by atoms with E-state index in [-0.39, 0.29) is 5.41 Å². The van der Waals surface area contributed by atoms with Gasteiger partial charge in [-0.2, -0.15) is 0 Å². The van der Waals surface area contributed by atoms with Crippen LogP contribution in [0, 0.1) is 6.92 Å². The van der Waals surface area contributed by atoms with Crippen LogP contribution in [-0.2, 0) is 11.8 Å². The highest BCUT2D eigenvalue weighted by Gasteiger charge is 2.20. The molecule has 0 spiro atoms. The second-order valence-electron chi connectivity index (χ2n) is 7.06. The van der Waals surface area contributed by atoms with Crippen molar-refractivity contribution in [3.05, 3.63) is 35.1 Å². The molecule has 0 atom stereocenters. The predicted molar refractivity (Wildman–Crippen MR) is 86.5 cm³/mol. The van der Waals surface area contributed by atoms with Crippen LogP contribution in [0.3, 0.4) is 0 Å². The summed E-state index contributed by atoms with van der Waals surface area (Å²) in [4.78, 5) is 0. The number of fused-ring (bicyclic) bond motifs is 1. The number of furan rings is 1. The number of nitrogens with one attached hydrogen (secondary N) is 1. The lowest BCUT2D eigenvalue weighted by Gasteiger charge is -2.20. The first-order valence-electron chi connectivity index (χ1n) is 7.53. The van der Waals surface area contributed by atoms with Crippen molar-refractivity contribution < 1.29 is 4.42 Å². The maximum atomic E-state index is 5.89.